The first-order chi connectivity index (χ1) is 15.7. The first kappa shape index (κ1) is 20.7. The second-order valence-electron chi connectivity index (χ2n) is 7.20. The van der Waals surface area contributed by atoms with Crippen LogP contribution in [0.4, 0.5) is 5.13 Å². The van der Waals surface area contributed by atoms with E-state index in [1.54, 1.807) is 29.6 Å². The number of nitrogens with zero attached hydrogens (tertiary/aromatic N) is 4. The Labute approximate surface area is 197 Å². The summed E-state index contributed by atoms with van der Waals surface area (Å²) >= 11 is 5.01. The predicted octanol–water partition coefficient (Wildman–Crippen LogP) is 5.12. The van der Waals surface area contributed by atoms with Crippen molar-refractivity contribution < 1.29 is 14.3 Å². The van der Waals surface area contributed by atoms with Gasteiger partial charge in [-0.25, -0.2) is 9.97 Å². The molecule has 5 rings (SSSR count). The number of aryl methyl sites for hydroxylation is 1. The van der Waals surface area contributed by atoms with Crippen LogP contribution in [0.15, 0.2) is 65.7 Å². The van der Waals surface area contributed by atoms with Gasteiger partial charge in [-0.3, -0.25) is 9.69 Å². The van der Waals surface area contributed by atoms with Crippen molar-refractivity contribution in [2.45, 2.75) is 13.0 Å². The van der Waals surface area contributed by atoms with E-state index in [1.807, 2.05) is 47.2 Å². The first-order valence-electron chi connectivity index (χ1n) is 10.1. The Kier molecular flexibility index (Phi) is 5.91. The molecule has 162 valence electrons. The highest BCUT2D eigenvalue weighted by Gasteiger charge is 2.18. The van der Waals surface area contributed by atoms with Crippen LogP contribution in [0.1, 0.15) is 12.0 Å². The van der Waals surface area contributed by atoms with Gasteiger partial charge < -0.3 is 14.0 Å². The van der Waals surface area contributed by atoms with Gasteiger partial charge in [-0.05, 0) is 48.4 Å². The highest BCUT2D eigenvalue weighted by molar-refractivity contribution is 9.10. The zero-order valence-electron chi connectivity index (χ0n) is 17.0. The van der Waals surface area contributed by atoms with Crippen LogP contribution in [0.25, 0.3) is 16.3 Å². The van der Waals surface area contributed by atoms with Gasteiger partial charge in [-0.2, -0.15) is 0 Å². The van der Waals surface area contributed by atoms with Crippen LogP contribution in [0.3, 0.4) is 0 Å². The van der Waals surface area contributed by atoms with Crippen LogP contribution < -0.4 is 14.4 Å². The molecule has 0 saturated carbocycles. The molecule has 4 aromatic rings. The van der Waals surface area contributed by atoms with Crippen LogP contribution in [-0.2, 0) is 11.3 Å². The third kappa shape index (κ3) is 4.53. The second-order valence-corrected chi connectivity index (χ2v) is 9.12. The summed E-state index contributed by atoms with van der Waals surface area (Å²) in [4.78, 5) is 23.7. The smallest absolute Gasteiger partial charge is 0.252 e. The fourth-order valence-electron chi connectivity index (χ4n) is 3.41. The highest BCUT2D eigenvalue weighted by atomic mass is 79.9. The van der Waals surface area contributed by atoms with Gasteiger partial charge in [0.05, 0.1) is 16.5 Å². The number of hydrogen-bond donors (Lipinski definition) is 0. The molecule has 2 aromatic carbocycles. The maximum Gasteiger partial charge on any atom is 0.252 e. The fraction of sp³-hybridized carbons (Fsp3) is 0.174. The Balaban J connectivity index is 1.37. The zero-order chi connectivity index (χ0) is 21.9. The summed E-state index contributed by atoms with van der Waals surface area (Å²) in [6.07, 6.45) is 9.59. The van der Waals surface area contributed by atoms with Crippen molar-refractivity contribution in [1.29, 1.82) is 0 Å². The van der Waals surface area contributed by atoms with Gasteiger partial charge in [0, 0.05) is 36.0 Å². The van der Waals surface area contributed by atoms with E-state index in [0.29, 0.717) is 17.4 Å². The molecular weight excluding hydrogens is 492 g/mol. The fourth-order valence-corrected chi connectivity index (χ4v) is 4.96. The van der Waals surface area contributed by atoms with Crippen LogP contribution >= 0.6 is 27.3 Å². The molecule has 0 aliphatic carbocycles. The van der Waals surface area contributed by atoms with E-state index in [9.17, 15) is 4.79 Å². The number of amides is 1. The Morgan fingerprint density at radius 3 is 3.00 bits per heavy atom. The number of imidazole rings is 1. The van der Waals surface area contributed by atoms with Gasteiger partial charge in [0.15, 0.2) is 16.6 Å². The van der Waals surface area contributed by atoms with E-state index in [0.717, 1.165) is 39.0 Å². The van der Waals surface area contributed by atoms with Gasteiger partial charge in [0.25, 0.3) is 5.91 Å². The van der Waals surface area contributed by atoms with Crippen LogP contribution in [0.5, 0.6) is 11.5 Å². The number of ether oxygens (including phenoxy) is 2. The van der Waals surface area contributed by atoms with Crippen molar-refractivity contribution in [3.63, 3.8) is 0 Å². The molecule has 1 amide bonds. The molecular formula is C23H19BrN4O3S. The quantitative estimate of drug-likeness (QED) is 0.322. The molecule has 7 nitrogen and oxygen atoms in total. The number of thiazole rings is 1. The summed E-state index contributed by atoms with van der Waals surface area (Å²) in [5.74, 6) is 1.29. The number of carbonyl (C=O) groups excluding carboxylic acids is 1. The van der Waals surface area contributed by atoms with Gasteiger partial charge in [-0.1, -0.05) is 33.3 Å². The Bertz CT molecular complexity index is 1290. The highest BCUT2D eigenvalue weighted by Crippen LogP contribution is 2.33. The summed E-state index contributed by atoms with van der Waals surface area (Å²) in [5, 5.41) is 0.684. The van der Waals surface area contributed by atoms with Crippen molar-refractivity contribution in [3.8, 4) is 11.5 Å². The van der Waals surface area contributed by atoms with E-state index in [-0.39, 0.29) is 12.7 Å². The summed E-state index contributed by atoms with van der Waals surface area (Å²) in [7, 11) is 0. The SMILES string of the molecule is O=C(/C=C/c1ccc2c(c1)OCO2)N(CCCn1ccnc1)c1nc2ccc(Br)cc2s1. The molecule has 0 unspecified atom stereocenters. The number of hydrogen-bond acceptors (Lipinski definition) is 6. The number of fused-ring (bicyclic) bond motifs is 2. The second kappa shape index (κ2) is 9.13. The molecule has 0 saturated heterocycles. The van der Waals surface area contributed by atoms with Crippen molar-refractivity contribution in [2.75, 3.05) is 18.2 Å². The van der Waals surface area contributed by atoms with Gasteiger partial charge >= 0.3 is 0 Å². The molecule has 2 aromatic heterocycles. The molecule has 3 heterocycles. The zero-order valence-corrected chi connectivity index (χ0v) is 19.4. The molecule has 0 atom stereocenters. The third-order valence-electron chi connectivity index (χ3n) is 5.01. The molecule has 0 bridgehead atoms. The maximum absolute atomic E-state index is 13.2. The molecule has 1 aliphatic heterocycles. The van der Waals surface area contributed by atoms with Crippen LogP contribution in [0.2, 0.25) is 0 Å². The van der Waals surface area contributed by atoms with Gasteiger partial charge in [0.2, 0.25) is 6.79 Å². The van der Waals surface area contributed by atoms with Crippen LogP contribution in [-0.4, -0.2) is 33.8 Å². The lowest BCUT2D eigenvalue weighted by Gasteiger charge is -2.18. The number of aromatic nitrogens is 3. The van der Waals surface area contributed by atoms with Crippen molar-refractivity contribution in [2.24, 2.45) is 0 Å². The molecule has 0 N–H and O–H groups in total. The Morgan fingerprint density at radius 1 is 1.22 bits per heavy atom. The molecule has 1 aliphatic rings. The van der Waals surface area contributed by atoms with Crippen molar-refractivity contribution in [1.82, 2.24) is 14.5 Å². The maximum atomic E-state index is 13.2. The van der Waals surface area contributed by atoms with Crippen molar-refractivity contribution in [3.05, 3.63) is 71.2 Å². The minimum absolute atomic E-state index is 0.119. The standard InChI is InChI=1S/C23H19BrN4O3S/c24-17-4-5-18-21(13-17)32-23(26-18)28(10-1-9-27-11-8-25-14-27)22(29)7-3-16-2-6-19-20(12-16)31-15-30-19/h2-8,11-14H,1,9-10,15H2/b7-3+. The number of carbonyl (C=O) groups is 1. The lowest BCUT2D eigenvalue weighted by atomic mass is 10.2. The minimum atomic E-state index is -0.119. The molecule has 9 heteroatoms. The average molecular weight is 511 g/mol. The van der Waals surface area contributed by atoms with E-state index in [4.69, 9.17) is 14.5 Å². The van der Waals surface area contributed by atoms with Gasteiger partial charge in [-0.15, -0.1) is 0 Å². The Hall–Kier alpha value is -3.17. The summed E-state index contributed by atoms with van der Waals surface area (Å²) in [6.45, 7) is 1.54. The molecule has 32 heavy (non-hydrogen) atoms. The number of benzene rings is 2. The number of rotatable bonds is 7. The first-order valence-corrected chi connectivity index (χ1v) is 11.7. The monoisotopic (exact) mass is 510 g/mol. The number of halogens is 1. The Morgan fingerprint density at radius 2 is 2.12 bits per heavy atom. The van der Waals surface area contributed by atoms with E-state index in [1.165, 1.54) is 11.3 Å². The van der Waals surface area contributed by atoms with E-state index >= 15 is 0 Å². The summed E-state index contributed by atoms with van der Waals surface area (Å²) in [6, 6.07) is 11.5. The van der Waals surface area contributed by atoms with Crippen molar-refractivity contribution >= 4 is 54.6 Å². The van der Waals surface area contributed by atoms with Crippen LogP contribution in [0, 0.1) is 0 Å². The van der Waals surface area contributed by atoms with E-state index < -0.39 is 0 Å². The third-order valence-corrected chi connectivity index (χ3v) is 6.54. The number of anilines is 1. The summed E-state index contributed by atoms with van der Waals surface area (Å²) < 4.78 is 14.8. The van der Waals surface area contributed by atoms with E-state index in [2.05, 4.69) is 20.9 Å². The lowest BCUT2D eigenvalue weighted by molar-refractivity contribution is -0.114. The minimum Gasteiger partial charge on any atom is -0.454 e. The molecule has 0 spiro atoms. The normalized spacial score (nSPS) is 12.7. The molecule has 0 fully saturated rings. The predicted molar refractivity (Wildman–Crippen MR) is 128 cm³/mol. The largest absolute Gasteiger partial charge is 0.454 e. The molecule has 0 radical (unpaired) electrons. The summed E-state index contributed by atoms with van der Waals surface area (Å²) in [5.41, 5.74) is 1.74. The average Bonchev–Trinajstić information content (AvgIpc) is 3.55. The topological polar surface area (TPSA) is 69.5 Å². The van der Waals surface area contributed by atoms with Gasteiger partial charge in [0.1, 0.15) is 0 Å². The lowest BCUT2D eigenvalue weighted by Crippen LogP contribution is -2.30.